The molecule has 7 heteroatoms. The van der Waals surface area contributed by atoms with Gasteiger partial charge in [-0.3, -0.25) is 4.79 Å². The van der Waals surface area contributed by atoms with Crippen LogP contribution in [0.15, 0.2) is 26.8 Å². The van der Waals surface area contributed by atoms with Gasteiger partial charge in [-0.25, -0.2) is 9.50 Å². The molecule has 0 spiro atoms. The van der Waals surface area contributed by atoms with E-state index in [0.29, 0.717) is 10.5 Å². The Balaban J connectivity index is 2.53. The van der Waals surface area contributed by atoms with Gasteiger partial charge in [0.05, 0.1) is 22.6 Å². The molecule has 0 unspecified atom stereocenters. The second kappa shape index (κ2) is 4.64. The lowest BCUT2D eigenvalue weighted by Crippen LogP contribution is -2.12. The zero-order valence-electron chi connectivity index (χ0n) is 10.4. The fraction of sp³-hybridized carbons (Fsp3) is 0.250. The number of fused-ring (bicyclic) bond motifs is 3. The number of halogens is 1. The van der Waals surface area contributed by atoms with Crippen molar-refractivity contribution in [1.82, 2.24) is 19.6 Å². The molecule has 0 fully saturated rings. The number of nitrogens with zero attached hydrogens (tertiary/aromatic N) is 3. The first-order valence-electron chi connectivity index (χ1n) is 5.82. The van der Waals surface area contributed by atoms with Crippen molar-refractivity contribution < 1.29 is 0 Å². The Morgan fingerprint density at radius 2 is 2.32 bits per heavy atom. The minimum absolute atomic E-state index is 0.123. The average molecular weight is 339 g/mol. The van der Waals surface area contributed by atoms with Crippen LogP contribution in [0.1, 0.15) is 12.5 Å². The molecule has 0 aliphatic heterocycles. The van der Waals surface area contributed by atoms with E-state index in [1.54, 1.807) is 10.7 Å². The Kier molecular flexibility index (Phi) is 3.10. The molecule has 0 bridgehead atoms. The number of H-pyrrole nitrogens is 1. The lowest BCUT2D eigenvalue weighted by molar-refractivity contribution is 0.915. The molecule has 0 aromatic carbocycles. The third-order valence-corrected chi connectivity index (χ3v) is 4.61. The molecule has 0 saturated heterocycles. The molecule has 3 aromatic rings. The van der Waals surface area contributed by atoms with Crippen molar-refractivity contribution in [3.63, 3.8) is 0 Å². The molecule has 0 aliphatic rings. The second-order valence-corrected chi connectivity index (χ2v) is 6.08. The standard InChI is InChI=1S/C12H11BrN4OS/c1-3-19-12-15-9-6(2)10(13)17-7(4-5-14-17)8(9)11(18)16-12/h4-5H,3H2,1-2H3,(H,15,16,18). The topological polar surface area (TPSA) is 63.1 Å². The van der Waals surface area contributed by atoms with E-state index in [4.69, 9.17) is 0 Å². The van der Waals surface area contributed by atoms with Crippen LogP contribution in [0.5, 0.6) is 0 Å². The van der Waals surface area contributed by atoms with Crippen LogP contribution in [0, 0.1) is 6.92 Å². The summed E-state index contributed by atoms with van der Waals surface area (Å²) in [7, 11) is 0. The van der Waals surface area contributed by atoms with Crippen molar-refractivity contribution in [2.75, 3.05) is 5.75 Å². The fourth-order valence-electron chi connectivity index (χ4n) is 2.07. The maximum atomic E-state index is 12.3. The molecule has 0 aliphatic carbocycles. The van der Waals surface area contributed by atoms with E-state index >= 15 is 0 Å². The number of pyridine rings is 1. The number of rotatable bonds is 2. The third-order valence-electron chi connectivity index (χ3n) is 2.93. The normalized spacial score (nSPS) is 11.5. The summed E-state index contributed by atoms with van der Waals surface area (Å²) in [5, 5.41) is 5.45. The van der Waals surface area contributed by atoms with Gasteiger partial charge >= 0.3 is 0 Å². The Morgan fingerprint density at radius 3 is 3.05 bits per heavy atom. The van der Waals surface area contributed by atoms with Crippen molar-refractivity contribution in [1.29, 1.82) is 0 Å². The van der Waals surface area contributed by atoms with Gasteiger partial charge in [-0.1, -0.05) is 18.7 Å². The lowest BCUT2D eigenvalue weighted by atomic mass is 10.2. The Hall–Kier alpha value is -1.34. The highest BCUT2D eigenvalue weighted by Crippen LogP contribution is 2.27. The first-order chi connectivity index (χ1) is 9.13. The molecule has 0 saturated carbocycles. The van der Waals surface area contributed by atoms with Gasteiger partial charge in [0.1, 0.15) is 4.60 Å². The summed E-state index contributed by atoms with van der Waals surface area (Å²) in [6.45, 7) is 3.96. The zero-order valence-corrected chi connectivity index (χ0v) is 12.8. The first kappa shape index (κ1) is 12.7. The van der Waals surface area contributed by atoms with E-state index in [-0.39, 0.29) is 5.56 Å². The summed E-state index contributed by atoms with van der Waals surface area (Å²) in [6, 6.07) is 1.82. The second-order valence-electron chi connectivity index (χ2n) is 4.07. The molecule has 0 radical (unpaired) electrons. The van der Waals surface area contributed by atoms with Crippen LogP contribution in [0.25, 0.3) is 16.4 Å². The van der Waals surface area contributed by atoms with Crippen molar-refractivity contribution in [2.45, 2.75) is 19.0 Å². The summed E-state index contributed by atoms with van der Waals surface area (Å²) >= 11 is 5.03. The summed E-state index contributed by atoms with van der Waals surface area (Å²) in [5.41, 5.74) is 2.27. The molecule has 3 aromatic heterocycles. The smallest absolute Gasteiger partial charge is 0.261 e. The maximum absolute atomic E-state index is 12.3. The molecule has 0 atom stereocenters. The Bertz CT molecular complexity index is 839. The van der Waals surface area contributed by atoms with E-state index < -0.39 is 0 Å². The molecule has 19 heavy (non-hydrogen) atoms. The first-order valence-corrected chi connectivity index (χ1v) is 7.60. The highest BCUT2D eigenvalue weighted by atomic mass is 79.9. The zero-order chi connectivity index (χ0) is 13.6. The van der Waals surface area contributed by atoms with E-state index in [2.05, 4.69) is 31.0 Å². The van der Waals surface area contributed by atoms with Gasteiger partial charge < -0.3 is 4.98 Å². The van der Waals surface area contributed by atoms with Gasteiger partial charge in [-0.15, -0.1) is 0 Å². The van der Waals surface area contributed by atoms with Gasteiger partial charge in [0.25, 0.3) is 5.56 Å². The minimum atomic E-state index is -0.123. The predicted octanol–water partition coefficient (Wildman–Crippen LogP) is 2.75. The summed E-state index contributed by atoms with van der Waals surface area (Å²) < 4.78 is 2.53. The van der Waals surface area contributed by atoms with Gasteiger partial charge in [-0.2, -0.15) is 5.10 Å². The predicted molar refractivity (Wildman–Crippen MR) is 79.9 cm³/mol. The average Bonchev–Trinajstić information content (AvgIpc) is 2.85. The molecule has 5 nitrogen and oxygen atoms in total. The van der Waals surface area contributed by atoms with Crippen LogP contribution in [0.2, 0.25) is 0 Å². The molecular weight excluding hydrogens is 328 g/mol. The van der Waals surface area contributed by atoms with Gasteiger partial charge in [0, 0.05) is 5.56 Å². The van der Waals surface area contributed by atoms with E-state index in [0.717, 1.165) is 27.0 Å². The van der Waals surface area contributed by atoms with Crippen LogP contribution in [-0.4, -0.2) is 25.3 Å². The van der Waals surface area contributed by atoms with E-state index in [1.807, 2.05) is 19.9 Å². The molecule has 3 rings (SSSR count). The minimum Gasteiger partial charge on any atom is -0.301 e. The number of hydrogen-bond acceptors (Lipinski definition) is 4. The van der Waals surface area contributed by atoms with E-state index in [1.165, 1.54) is 11.8 Å². The molecular formula is C12H11BrN4OS. The van der Waals surface area contributed by atoms with Crippen molar-refractivity contribution >= 4 is 44.1 Å². The van der Waals surface area contributed by atoms with Crippen molar-refractivity contribution in [2.24, 2.45) is 0 Å². The van der Waals surface area contributed by atoms with Crippen molar-refractivity contribution in [3.05, 3.63) is 32.8 Å². The van der Waals surface area contributed by atoms with Crippen LogP contribution in [0.4, 0.5) is 0 Å². The van der Waals surface area contributed by atoms with E-state index in [9.17, 15) is 4.79 Å². The molecule has 1 N–H and O–H groups in total. The van der Waals surface area contributed by atoms with Crippen LogP contribution < -0.4 is 5.56 Å². The summed E-state index contributed by atoms with van der Waals surface area (Å²) in [4.78, 5) is 19.7. The van der Waals surface area contributed by atoms with Crippen LogP contribution in [0.3, 0.4) is 0 Å². The van der Waals surface area contributed by atoms with Crippen LogP contribution in [-0.2, 0) is 0 Å². The molecule has 3 heterocycles. The quantitative estimate of drug-likeness (QED) is 0.443. The number of thioether (sulfide) groups is 1. The number of aromatic nitrogens is 4. The monoisotopic (exact) mass is 338 g/mol. The number of hydrogen-bond donors (Lipinski definition) is 1. The number of nitrogens with one attached hydrogen (secondary N) is 1. The summed E-state index contributed by atoms with van der Waals surface area (Å²) in [6.07, 6.45) is 1.67. The number of aromatic amines is 1. The molecule has 98 valence electrons. The fourth-order valence-corrected chi connectivity index (χ4v) is 3.14. The Morgan fingerprint density at radius 1 is 1.53 bits per heavy atom. The lowest BCUT2D eigenvalue weighted by Gasteiger charge is -2.08. The van der Waals surface area contributed by atoms with Gasteiger partial charge in [-0.05, 0) is 34.7 Å². The van der Waals surface area contributed by atoms with Crippen molar-refractivity contribution in [3.8, 4) is 0 Å². The highest BCUT2D eigenvalue weighted by molar-refractivity contribution is 9.10. The maximum Gasteiger partial charge on any atom is 0.261 e. The van der Waals surface area contributed by atoms with Gasteiger partial charge in [0.2, 0.25) is 0 Å². The van der Waals surface area contributed by atoms with Crippen LogP contribution >= 0.6 is 27.7 Å². The highest BCUT2D eigenvalue weighted by Gasteiger charge is 2.15. The Labute approximate surface area is 121 Å². The van der Waals surface area contributed by atoms with Gasteiger partial charge in [0.15, 0.2) is 5.16 Å². The molecule has 0 amide bonds. The number of aryl methyl sites for hydroxylation is 1. The third kappa shape index (κ3) is 1.88. The summed E-state index contributed by atoms with van der Waals surface area (Å²) in [5.74, 6) is 0.865. The SMILES string of the molecule is CCSc1nc2c(C)c(Br)n3nccc3c2c(=O)[nH]1. The largest absolute Gasteiger partial charge is 0.301 e.